The molecular formula is C16H17N3O. The molecule has 2 aromatic carbocycles. The minimum atomic E-state index is 0.656. The van der Waals surface area contributed by atoms with Crippen molar-refractivity contribution in [2.24, 2.45) is 0 Å². The normalized spacial score (nSPS) is 11.1. The Kier molecular flexibility index (Phi) is 3.39. The van der Waals surface area contributed by atoms with Crippen LogP contribution in [-0.2, 0) is 11.3 Å². The van der Waals surface area contributed by atoms with Gasteiger partial charge in [-0.05, 0) is 17.0 Å². The number of nitrogens with two attached hydrogens (primary N) is 1. The van der Waals surface area contributed by atoms with E-state index in [9.17, 15) is 0 Å². The molecule has 102 valence electrons. The fourth-order valence-electron chi connectivity index (χ4n) is 2.38. The van der Waals surface area contributed by atoms with Crippen molar-refractivity contribution in [3.8, 4) is 11.1 Å². The Hall–Kier alpha value is -2.33. The molecule has 0 atom stereocenters. The van der Waals surface area contributed by atoms with Gasteiger partial charge in [-0.2, -0.15) is 5.10 Å². The summed E-state index contributed by atoms with van der Waals surface area (Å²) in [4.78, 5) is 0. The fraction of sp³-hybridized carbons (Fsp3) is 0.188. The molecule has 4 nitrogen and oxygen atoms in total. The summed E-state index contributed by atoms with van der Waals surface area (Å²) in [7, 11) is 1.69. The number of ether oxygens (including phenoxy) is 1. The van der Waals surface area contributed by atoms with Crippen LogP contribution in [0, 0.1) is 0 Å². The van der Waals surface area contributed by atoms with Crippen LogP contribution in [0.5, 0.6) is 0 Å². The van der Waals surface area contributed by atoms with Crippen molar-refractivity contribution in [2.75, 3.05) is 19.5 Å². The molecule has 0 saturated heterocycles. The zero-order chi connectivity index (χ0) is 13.9. The highest BCUT2D eigenvalue weighted by Crippen LogP contribution is 2.31. The Balaban J connectivity index is 2.06. The van der Waals surface area contributed by atoms with Crippen LogP contribution in [0.25, 0.3) is 21.9 Å². The van der Waals surface area contributed by atoms with Crippen LogP contribution in [0.1, 0.15) is 0 Å². The van der Waals surface area contributed by atoms with Crippen molar-refractivity contribution in [2.45, 2.75) is 6.54 Å². The predicted octanol–water partition coefficient (Wildman–Crippen LogP) is 2.93. The third-order valence-electron chi connectivity index (χ3n) is 3.43. The molecule has 1 heterocycles. The van der Waals surface area contributed by atoms with Crippen molar-refractivity contribution in [3.05, 3.63) is 48.8 Å². The first kappa shape index (κ1) is 12.7. The van der Waals surface area contributed by atoms with E-state index < -0.39 is 0 Å². The highest BCUT2D eigenvalue weighted by molar-refractivity contribution is 6.02. The van der Waals surface area contributed by atoms with Gasteiger partial charge < -0.3 is 10.5 Å². The number of anilines is 1. The Morgan fingerprint density at radius 3 is 2.75 bits per heavy atom. The van der Waals surface area contributed by atoms with E-state index in [1.54, 1.807) is 7.11 Å². The van der Waals surface area contributed by atoms with Crippen LogP contribution in [0.4, 0.5) is 5.69 Å². The molecule has 3 rings (SSSR count). The van der Waals surface area contributed by atoms with Gasteiger partial charge in [-0.3, -0.25) is 4.68 Å². The van der Waals surface area contributed by atoms with Gasteiger partial charge in [0.05, 0.1) is 19.3 Å². The summed E-state index contributed by atoms with van der Waals surface area (Å²) in [5, 5.41) is 6.59. The number of hydrogen-bond donors (Lipinski definition) is 1. The van der Waals surface area contributed by atoms with Crippen LogP contribution in [0.3, 0.4) is 0 Å². The zero-order valence-corrected chi connectivity index (χ0v) is 11.4. The largest absolute Gasteiger partial charge is 0.398 e. The van der Waals surface area contributed by atoms with Gasteiger partial charge >= 0.3 is 0 Å². The van der Waals surface area contributed by atoms with Gasteiger partial charge in [-0.1, -0.05) is 30.3 Å². The topological polar surface area (TPSA) is 53.1 Å². The molecule has 0 amide bonds. The molecule has 1 aromatic heterocycles. The molecule has 0 aliphatic rings. The average molecular weight is 267 g/mol. The van der Waals surface area contributed by atoms with Gasteiger partial charge in [0, 0.05) is 29.9 Å². The second-order valence-corrected chi connectivity index (χ2v) is 4.73. The minimum Gasteiger partial charge on any atom is -0.398 e. The van der Waals surface area contributed by atoms with Gasteiger partial charge in [-0.25, -0.2) is 0 Å². The monoisotopic (exact) mass is 267 g/mol. The standard InChI is InChI=1S/C16H17N3O/c1-20-9-8-19-11-12(10-18-19)13-6-7-16(17)15-5-3-2-4-14(13)15/h2-7,10-11H,8-9,17H2,1H3. The van der Waals surface area contributed by atoms with Gasteiger partial charge in [0.15, 0.2) is 0 Å². The van der Waals surface area contributed by atoms with Gasteiger partial charge in [0.1, 0.15) is 0 Å². The number of methoxy groups -OCH3 is 1. The third-order valence-corrected chi connectivity index (χ3v) is 3.43. The lowest BCUT2D eigenvalue weighted by Gasteiger charge is -2.07. The summed E-state index contributed by atoms with van der Waals surface area (Å²) in [6.07, 6.45) is 3.92. The van der Waals surface area contributed by atoms with E-state index in [4.69, 9.17) is 10.5 Å². The molecule has 0 bridgehead atoms. The number of rotatable bonds is 4. The first-order chi connectivity index (χ1) is 9.79. The van der Waals surface area contributed by atoms with Crippen LogP contribution in [0.15, 0.2) is 48.8 Å². The maximum Gasteiger partial charge on any atom is 0.0658 e. The van der Waals surface area contributed by atoms with E-state index in [-0.39, 0.29) is 0 Å². The summed E-state index contributed by atoms with van der Waals surface area (Å²) in [6.45, 7) is 1.41. The third kappa shape index (κ3) is 2.26. The Morgan fingerprint density at radius 2 is 1.95 bits per heavy atom. The lowest BCUT2D eigenvalue weighted by Crippen LogP contribution is -2.03. The van der Waals surface area contributed by atoms with E-state index in [0.29, 0.717) is 6.61 Å². The summed E-state index contributed by atoms with van der Waals surface area (Å²) in [5.74, 6) is 0. The van der Waals surface area contributed by atoms with E-state index in [1.807, 2.05) is 41.3 Å². The molecule has 0 aliphatic heterocycles. The number of fused-ring (bicyclic) bond motifs is 1. The summed E-state index contributed by atoms with van der Waals surface area (Å²) in [5.41, 5.74) is 9.08. The number of nitrogen functional groups attached to an aromatic ring is 1. The zero-order valence-electron chi connectivity index (χ0n) is 11.4. The van der Waals surface area contributed by atoms with Crippen LogP contribution in [0.2, 0.25) is 0 Å². The number of nitrogens with zero attached hydrogens (tertiary/aromatic N) is 2. The van der Waals surface area contributed by atoms with Crippen LogP contribution in [-0.4, -0.2) is 23.5 Å². The first-order valence-electron chi connectivity index (χ1n) is 6.58. The maximum absolute atomic E-state index is 6.04. The first-order valence-corrected chi connectivity index (χ1v) is 6.58. The molecule has 20 heavy (non-hydrogen) atoms. The fourth-order valence-corrected chi connectivity index (χ4v) is 2.38. The van der Waals surface area contributed by atoms with Crippen molar-refractivity contribution in [3.63, 3.8) is 0 Å². The molecule has 4 heteroatoms. The highest BCUT2D eigenvalue weighted by Gasteiger charge is 2.07. The molecule has 0 saturated carbocycles. The SMILES string of the molecule is COCCn1cc(-c2ccc(N)c3ccccc23)cn1. The number of benzene rings is 2. The Labute approximate surface area is 117 Å². The predicted molar refractivity (Wildman–Crippen MR) is 81.5 cm³/mol. The van der Waals surface area contributed by atoms with Gasteiger partial charge in [0.2, 0.25) is 0 Å². The lowest BCUT2D eigenvalue weighted by atomic mass is 9.99. The average Bonchev–Trinajstić information content (AvgIpc) is 2.94. The molecule has 0 spiro atoms. The second-order valence-electron chi connectivity index (χ2n) is 4.73. The summed E-state index contributed by atoms with van der Waals surface area (Å²) in [6, 6.07) is 12.2. The Bertz CT molecular complexity index is 733. The van der Waals surface area contributed by atoms with Gasteiger partial charge in [-0.15, -0.1) is 0 Å². The van der Waals surface area contributed by atoms with Crippen molar-refractivity contribution in [1.82, 2.24) is 9.78 Å². The molecule has 3 aromatic rings. The highest BCUT2D eigenvalue weighted by atomic mass is 16.5. The number of hydrogen-bond acceptors (Lipinski definition) is 3. The number of aromatic nitrogens is 2. The summed E-state index contributed by atoms with van der Waals surface area (Å²) < 4.78 is 6.96. The molecule has 0 unspecified atom stereocenters. The molecule has 0 fully saturated rings. The van der Waals surface area contributed by atoms with E-state index >= 15 is 0 Å². The molecule has 2 N–H and O–H groups in total. The molecular weight excluding hydrogens is 250 g/mol. The van der Waals surface area contributed by atoms with Gasteiger partial charge in [0.25, 0.3) is 0 Å². The maximum atomic E-state index is 6.04. The smallest absolute Gasteiger partial charge is 0.0658 e. The minimum absolute atomic E-state index is 0.656. The van der Waals surface area contributed by atoms with Crippen molar-refractivity contribution >= 4 is 16.5 Å². The molecule has 0 aliphatic carbocycles. The van der Waals surface area contributed by atoms with E-state index in [2.05, 4.69) is 17.2 Å². The quantitative estimate of drug-likeness (QED) is 0.739. The van der Waals surface area contributed by atoms with Crippen molar-refractivity contribution < 1.29 is 4.74 Å². The van der Waals surface area contributed by atoms with Crippen molar-refractivity contribution in [1.29, 1.82) is 0 Å². The van der Waals surface area contributed by atoms with E-state index in [0.717, 1.165) is 34.1 Å². The molecule has 0 radical (unpaired) electrons. The van der Waals surface area contributed by atoms with Crippen LogP contribution >= 0.6 is 0 Å². The van der Waals surface area contributed by atoms with Crippen LogP contribution < -0.4 is 5.73 Å². The van der Waals surface area contributed by atoms with E-state index in [1.165, 1.54) is 0 Å². The second kappa shape index (κ2) is 5.35. The Morgan fingerprint density at radius 1 is 1.15 bits per heavy atom. The lowest BCUT2D eigenvalue weighted by molar-refractivity contribution is 0.183. The summed E-state index contributed by atoms with van der Waals surface area (Å²) >= 11 is 0.